The van der Waals surface area contributed by atoms with Gasteiger partial charge >= 0.3 is 6.09 Å². The summed E-state index contributed by atoms with van der Waals surface area (Å²) >= 11 is -2.62. The number of rotatable bonds is 8. The Hall–Kier alpha value is -4.29. The van der Waals surface area contributed by atoms with E-state index in [9.17, 15) is 23.1 Å². The third-order valence-electron chi connectivity index (χ3n) is 5.22. The average Bonchev–Trinajstić information content (AvgIpc) is 2.88. The molecule has 0 aliphatic carbocycles. The number of carbonyl (C=O) groups excluding carboxylic acids is 3. The van der Waals surface area contributed by atoms with E-state index >= 15 is 0 Å². The molecule has 0 bridgehead atoms. The lowest BCUT2D eigenvalue weighted by Crippen LogP contribution is -2.43. The normalized spacial score (nSPS) is 11.7. The summed E-state index contributed by atoms with van der Waals surface area (Å²) in [7, 11) is 1.47. The van der Waals surface area contributed by atoms with Crippen LogP contribution in [-0.4, -0.2) is 44.3 Å². The van der Waals surface area contributed by atoms with E-state index < -0.39 is 28.9 Å². The molecule has 0 fully saturated rings. The number of anilines is 1. The standard InChI is InChI=1S/C27H31N5O6S/c1-17-11-20(23-13-18(9-10-29-23)16-30-26(35)38-27(2,3)4)14-21(12-17)25(34)31-32(39(36)37)22-8-6-7-19(15-22)24(33)28-5/h6-15H,16H2,1-5H3,(H,28,33)(H,30,35)(H,31,34)(H,36,37). The zero-order valence-corrected chi connectivity index (χ0v) is 23.1. The molecule has 0 spiro atoms. The van der Waals surface area contributed by atoms with Crippen molar-refractivity contribution in [2.45, 2.75) is 39.8 Å². The molecule has 0 saturated carbocycles. The van der Waals surface area contributed by atoms with Crippen molar-refractivity contribution in [1.82, 2.24) is 21.0 Å². The lowest BCUT2D eigenvalue weighted by Gasteiger charge is -2.21. The number of pyridine rings is 1. The Morgan fingerprint density at radius 3 is 2.44 bits per heavy atom. The van der Waals surface area contributed by atoms with Crippen LogP contribution in [0.2, 0.25) is 0 Å². The summed E-state index contributed by atoms with van der Waals surface area (Å²) in [6.45, 7) is 7.37. The van der Waals surface area contributed by atoms with E-state index in [1.165, 1.54) is 25.2 Å². The first-order valence-electron chi connectivity index (χ1n) is 11.9. The zero-order valence-electron chi connectivity index (χ0n) is 22.3. The number of hydrogen-bond donors (Lipinski definition) is 4. The highest BCUT2D eigenvalue weighted by atomic mass is 32.2. The van der Waals surface area contributed by atoms with Gasteiger partial charge in [-0.2, -0.15) is 4.41 Å². The summed E-state index contributed by atoms with van der Waals surface area (Å²) in [5, 5.41) is 5.18. The number of carbonyl (C=O) groups is 3. The Bertz CT molecular complexity index is 1410. The maximum absolute atomic E-state index is 13.1. The van der Waals surface area contributed by atoms with Gasteiger partial charge in [0.05, 0.1) is 11.4 Å². The van der Waals surface area contributed by atoms with Crippen molar-refractivity contribution in [1.29, 1.82) is 0 Å². The predicted molar refractivity (Wildman–Crippen MR) is 148 cm³/mol. The molecule has 1 unspecified atom stereocenters. The van der Waals surface area contributed by atoms with Crippen molar-refractivity contribution in [3.63, 3.8) is 0 Å². The van der Waals surface area contributed by atoms with Crippen LogP contribution in [-0.2, 0) is 22.5 Å². The minimum Gasteiger partial charge on any atom is -0.444 e. The first-order valence-corrected chi connectivity index (χ1v) is 13.0. The Kier molecular flexibility index (Phi) is 9.38. The second kappa shape index (κ2) is 12.5. The van der Waals surface area contributed by atoms with Gasteiger partial charge in [0.2, 0.25) is 0 Å². The topological polar surface area (TPSA) is 150 Å². The summed E-state index contributed by atoms with van der Waals surface area (Å²) in [4.78, 5) is 41.5. The number of aromatic nitrogens is 1. The summed E-state index contributed by atoms with van der Waals surface area (Å²) in [5.74, 6) is -1.03. The molecule has 0 aliphatic rings. The van der Waals surface area contributed by atoms with Gasteiger partial charge in [0.1, 0.15) is 5.60 Å². The third-order valence-corrected chi connectivity index (χ3v) is 5.84. The van der Waals surface area contributed by atoms with Crippen molar-refractivity contribution < 1.29 is 27.9 Å². The minimum absolute atomic E-state index is 0.144. The van der Waals surface area contributed by atoms with E-state index in [-0.39, 0.29) is 29.3 Å². The summed E-state index contributed by atoms with van der Waals surface area (Å²) < 4.78 is 27.9. The van der Waals surface area contributed by atoms with E-state index in [0.717, 1.165) is 15.5 Å². The molecule has 3 aromatic rings. The van der Waals surface area contributed by atoms with Crippen LogP contribution in [0.4, 0.5) is 10.5 Å². The van der Waals surface area contributed by atoms with Crippen LogP contribution in [0.15, 0.2) is 60.8 Å². The number of alkyl carbamates (subject to hydrolysis) is 1. The minimum atomic E-state index is -2.62. The van der Waals surface area contributed by atoms with E-state index in [1.54, 1.807) is 57.3 Å². The largest absolute Gasteiger partial charge is 0.444 e. The van der Waals surface area contributed by atoms with Crippen molar-refractivity contribution in [2.75, 3.05) is 11.5 Å². The molecule has 2 aromatic carbocycles. The molecular formula is C27H31N5O6S. The Balaban J connectivity index is 1.82. The van der Waals surface area contributed by atoms with Crippen molar-refractivity contribution in [2.24, 2.45) is 0 Å². The molecule has 4 N–H and O–H groups in total. The lowest BCUT2D eigenvalue weighted by atomic mass is 10.0. The number of hydrazine groups is 1. The Labute approximate surface area is 229 Å². The highest BCUT2D eigenvalue weighted by molar-refractivity contribution is 7.80. The van der Waals surface area contributed by atoms with Crippen LogP contribution in [0.1, 0.15) is 52.6 Å². The highest BCUT2D eigenvalue weighted by Crippen LogP contribution is 2.23. The van der Waals surface area contributed by atoms with Crippen LogP contribution < -0.4 is 20.5 Å². The van der Waals surface area contributed by atoms with E-state index in [4.69, 9.17) is 4.74 Å². The van der Waals surface area contributed by atoms with Crippen LogP contribution in [0.5, 0.6) is 0 Å². The van der Waals surface area contributed by atoms with Gasteiger partial charge in [-0.05, 0) is 87.4 Å². The van der Waals surface area contributed by atoms with Crippen LogP contribution in [0.25, 0.3) is 11.3 Å². The monoisotopic (exact) mass is 553 g/mol. The smallest absolute Gasteiger partial charge is 0.407 e. The fourth-order valence-corrected chi connectivity index (χ4v) is 4.02. The maximum Gasteiger partial charge on any atom is 0.407 e. The van der Waals surface area contributed by atoms with E-state index in [2.05, 4.69) is 21.0 Å². The Morgan fingerprint density at radius 2 is 1.77 bits per heavy atom. The SMILES string of the molecule is CNC(=O)c1cccc(N(NC(=O)c2cc(C)cc(-c3cc(CNC(=O)OC(C)(C)C)ccn3)c2)S(=O)O)c1. The van der Waals surface area contributed by atoms with Gasteiger partial charge in [-0.15, -0.1) is 0 Å². The Morgan fingerprint density at radius 1 is 1.03 bits per heavy atom. The number of nitrogens with zero attached hydrogens (tertiary/aromatic N) is 2. The van der Waals surface area contributed by atoms with Crippen molar-refractivity contribution in [3.05, 3.63) is 83.0 Å². The number of nitrogens with one attached hydrogen (secondary N) is 3. The molecule has 0 aliphatic heterocycles. The summed E-state index contributed by atoms with van der Waals surface area (Å²) in [6, 6.07) is 14.6. The molecule has 206 valence electrons. The van der Waals surface area contributed by atoms with Gasteiger partial charge in [-0.25, -0.2) is 14.4 Å². The van der Waals surface area contributed by atoms with Crippen LogP contribution in [0, 0.1) is 6.92 Å². The molecule has 3 rings (SSSR count). The first-order chi connectivity index (χ1) is 18.4. The molecule has 1 heterocycles. The average molecular weight is 554 g/mol. The fraction of sp³-hybridized carbons (Fsp3) is 0.259. The zero-order chi connectivity index (χ0) is 28.7. The fourth-order valence-electron chi connectivity index (χ4n) is 3.56. The number of amides is 3. The van der Waals surface area contributed by atoms with Crippen LogP contribution in [0.3, 0.4) is 0 Å². The maximum atomic E-state index is 13.1. The van der Waals surface area contributed by atoms with Gasteiger partial charge in [0, 0.05) is 36.5 Å². The molecule has 12 heteroatoms. The molecule has 11 nitrogen and oxygen atoms in total. The van der Waals surface area contributed by atoms with Gasteiger partial charge in [0.15, 0.2) is 0 Å². The molecule has 0 radical (unpaired) electrons. The van der Waals surface area contributed by atoms with Gasteiger partial charge in [0.25, 0.3) is 23.1 Å². The molecule has 1 aromatic heterocycles. The molecule has 3 amide bonds. The molecular weight excluding hydrogens is 522 g/mol. The van der Waals surface area contributed by atoms with Gasteiger partial charge in [-0.1, -0.05) is 6.07 Å². The first kappa shape index (κ1) is 29.3. The van der Waals surface area contributed by atoms with Crippen LogP contribution >= 0.6 is 0 Å². The number of aryl methyl sites for hydroxylation is 1. The molecule has 1 atom stereocenters. The molecule has 39 heavy (non-hydrogen) atoms. The van der Waals surface area contributed by atoms with Crippen molar-refractivity contribution >= 4 is 34.9 Å². The molecule has 0 saturated heterocycles. The second-order valence-corrected chi connectivity index (χ2v) is 10.4. The summed E-state index contributed by atoms with van der Waals surface area (Å²) in [6.07, 6.45) is 1.06. The quantitative estimate of drug-likeness (QED) is 0.245. The highest BCUT2D eigenvalue weighted by Gasteiger charge is 2.20. The second-order valence-electron chi connectivity index (χ2n) is 9.59. The number of benzene rings is 2. The van der Waals surface area contributed by atoms with Gasteiger partial charge in [-0.3, -0.25) is 19.1 Å². The van der Waals surface area contributed by atoms with Crippen molar-refractivity contribution in [3.8, 4) is 11.3 Å². The summed E-state index contributed by atoms with van der Waals surface area (Å²) in [5.41, 5.74) is 5.18. The van der Waals surface area contributed by atoms with Gasteiger partial charge < -0.3 is 15.4 Å². The number of ether oxygens (including phenoxy) is 1. The predicted octanol–water partition coefficient (Wildman–Crippen LogP) is 3.73. The van der Waals surface area contributed by atoms with E-state index in [0.29, 0.717) is 11.3 Å². The van der Waals surface area contributed by atoms with E-state index in [1.807, 2.05) is 13.0 Å². The third kappa shape index (κ3) is 8.35. The lowest BCUT2D eigenvalue weighted by molar-refractivity contribution is 0.0523. The number of hydrogen-bond acceptors (Lipinski definition) is 6.